The summed E-state index contributed by atoms with van der Waals surface area (Å²) in [4.78, 5) is 22.7. The first-order valence-electron chi connectivity index (χ1n) is 6.76. The van der Waals surface area contributed by atoms with Crippen LogP contribution in [-0.2, 0) is 0 Å². The third-order valence-corrected chi connectivity index (χ3v) is 3.59. The lowest BCUT2D eigenvalue weighted by atomic mass is 10.1. The Hall–Kier alpha value is -2.55. The average molecular weight is 333 g/mol. The fraction of sp³-hybridized carbons (Fsp3) is 0.286. The Morgan fingerprint density at radius 1 is 1.39 bits per heavy atom. The van der Waals surface area contributed by atoms with Gasteiger partial charge in [0.15, 0.2) is 0 Å². The van der Waals surface area contributed by atoms with Crippen molar-refractivity contribution in [3.05, 3.63) is 56.0 Å². The molecule has 0 saturated carbocycles. The second-order valence-corrected chi connectivity index (χ2v) is 5.71. The Kier molecular flexibility index (Phi) is 5.22. The van der Waals surface area contributed by atoms with E-state index in [0.717, 1.165) is 4.68 Å². The maximum atomic E-state index is 12.4. The van der Waals surface area contributed by atoms with Crippen LogP contribution in [0.5, 0.6) is 0 Å². The third kappa shape index (κ3) is 3.81. The van der Waals surface area contributed by atoms with Gasteiger partial charge in [0, 0.05) is 23.6 Å². The van der Waals surface area contributed by atoms with Gasteiger partial charge in [-0.15, -0.1) is 10.2 Å². The van der Waals surface area contributed by atoms with Crippen molar-refractivity contribution in [2.45, 2.75) is 24.9 Å². The Morgan fingerprint density at radius 2 is 2.13 bits per heavy atom. The second kappa shape index (κ2) is 7.14. The molecule has 0 radical (unpaired) electrons. The number of nitro groups is 1. The summed E-state index contributed by atoms with van der Waals surface area (Å²) in [7, 11) is 0. The minimum Gasteiger partial charge on any atom is -0.265 e. The highest BCUT2D eigenvalue weighted by molar-refractivity contribution is 7.98. The van der Waals surface area contributed by atoms with Gasteiger partial charge in [0.2, 0.25) is 5.16 Å². The molecule has 0 aliphatic rings. The Morgan fingerprint density at radius 3 is 2.74 bits per heavy atom. The van der Waals surface area contributed by atoms with E-state index >= 15 is 0 Å². The van der Waals surface area contributed by atoms with Gasteiger partial charge in [-0.25, -0.2) is 0 Å². The van der Waals surface area contributed by atoms with Crippen LogP contribution in [0.25, 0.3) is 0 Å². The summed E-state index contributed by atoms with van der Waals surface area (Å²) in [5.41, 5.74) is 0.447. The molecule has 0 bridgehead atoms. The molecule has 120 valence electrons. The molecule has 2 aromatic rings. The summed E-state index contributed by atoms with van der Waals surface area (Å²) in [6, 6.07) is 5.99. The molecule has 23 heavy (non-hydrogen) atoms. The lowest BCUT2D eigenvalue weighted by molar-refractivity contribution is -0.384. The molecule has 0 N–H and O–H groups in total. The molecule has 0 unspecified atom stereocenters. The van der Waals surface area contributed by atoms with E-state index in [9.17, 15) is 14.9 Å². The number of aromatic nitrogens is 3. The first-order chi connectivity index (χ1) is 10.9. The number of hydrogen-bond donors (Lipinski definition) is 0. The van der Waals surface area contributed by atoms with E-state index in [-0.39, 0.29) is 17.2 Å². The van der Waals surface area contributed by atoms with Crippen molar-refractivity contribution in [3.8, 4) is 0 Å². The lowest BCUT2D eigenvalue weighted by Gasteiger charge is -2.07. The van der Waals surface area contributed by atoms with Crippen LogP contribution >= 0.6 is 11.8 Å². The number of thioether (sulfide) groups is 1. The summed E-state index contributed by atoms with van der Waals surface area (Å²) in [5.74, 6) is -0.0785. The van der Waals surface area contributed by atoms with E-state index in [1.807, 2.05) is 13.8 Å². The number of nitrogens with zero attached hydrogens (tertiary/aromatic N) is 5. The maximum absolute atomic E-state index is 12.4. The molecule has 9 heteroatoms. The maximum Gasteiger partial charge on any atom is 0.297 e. The van der Waals surface area contributed by atoms with Gasteiger partial charge in [-0.3, -0.25) is 14.9 Å². The van der Waals surface area contributed by atoms with Crippen LogP contribution in [0.2, 0.25) is 0 Å². The monoisotopic (exact) mass is 333 g/mol. The summed E-state index contributed by atoms with van der Waals surface area (Å²) < 4.78 is 1.16. The normalized spacial score (nSPS) is 11.3. The van der Waals surface area contributed by atoms with Crippen molar-refractivity contribution in [2.75, 3.05) is 6.26 Å². The highest BCUT2D eigenvalue weighted by Crippen LogP contribution is 2.13. The van der Waals surface area contributed by atoms with Gasteiger partial charge in [0.1, 0.15) is 5.69 Å². The molecule has 8 nitrogen and oxygen atoms in total. The first-order valence-corrected chi connectivity index (χ1v) is 7.99. The Labute approximate surface area is 136 Å². The van der Waals surface area contributed by atoms with Gasteiger partial charge < -0.3 is 0 Å². The molecular weight excluding hydrogens is 318 g/mol. The van der Waals surface area contributed by atoms with Crippen molar-refractivity contribution in [1.29, 1.82) is 0 Å². The molecule has 0 saturated heterocycles. The van der Waals surface area contributed by atoms with Crippen molar-refractivity contribution in [1.82, 2.24) is 14.9 Å². The highest BCUT2D eigenvalue weighted by atomic mass is 32.2. The molecule has 0 spiro atoms. The highest BCUT2D eigenvalue weighted by Gasteiger charge is 2.13. The molecule has 0 amide bonds. The zero-order chi connectivity index (χ0) is 17.0. The first kappa shape index (κ1) is 16.8. The standard InChI is InChI=1S/C14H15N5O3S/c1-9(2)12-13(20)18(14(23-3)17-16-12)15-8-10-5-4-6-11(7-10)19(21)22/h4-9H,1-3H3. The zero-order valence-electron chi connectivity index (χ0n) is 12.8. The van der Waals surface area contributed by atoms with E-state index < -0.39 is 4.92 Å². The molecule has 0 atom stereocenters. The summed E-state index contributed by atoms with van der Waals surface area (Å²) in [6.07, 6.45) is 3.15. The molecule has 0 fully saturated rings. The number of rotatable bonds is 5. The fourth-order valence-electron chi connectivity index (χ4n) is 1.81. The van der Waals surface area contributed by atoms with Crippen molar-refractivity contribution in [2.24, 2.45) is 5.10 Å². The topological polar surface area (TPSA) is 103 Å². The molecular formula is C14H15N5O3S. The Balaban J connectivity index is 2.46. The van der Waals surface area contributed by atoms with E-state index in [2.05, 4.69) is 15.3 Å². The molecule has 1 aromatic carbocycles. The lowest BCUT2D eigenvalue weighted by Crippen LogP contribution is -2.26. The average Bonchev–Trinajstić information content (AvgIpc) is 2.53. The largest absolute Gasteiger partial charge is 0.297 e. The van der Waals surface area contributed by atoms with Gasteiger partial charge >= 0.3 is 0 Å². The van der Waals surface area contributed by atoms with Crippen molar-refractivity contribution < 1.29 is 4.92 Å². The predicted molar refractivity (Wildman–Crippen MR) is 88.3 cm³/mol. The van der Waals surface area contributed by atoms with Gasteiger partial charge in [0.25, 0.3) is 11.2 Å². The Bertz CT molecular complexity index is 816. The van der Waals surface area contributed by atoms with Gasteiger partial charge in [0.05, 0.1) is 11.1 Å². The van der Waals surface area contributed by atoms with Gasteiger partial charge in [-0.1, -0.05) is 37.7 Å². The number of hydrogen-bond acceptors (Lipinski definition) is 7. The van der Waals surface area contributed by atoms with E-state index in [0.29, 0.717) is 16.4 Å². The minimum absolute atomic E-state index is 0.0397. The van der Waals surface area contributed by atoms with E-state index in [4.69, 9.17) is 0 Å². The predicted octanol–water partition coefficient (Wildman–Crippen LogP) is 2.27. The summed E-state index contributed by atoms with van der Waals surface area (Å²) in [5, 5.41) is 23.2. The van der Waals surface area contributed by atoms with Crippen LogP contribution in [-0.4, -0.2) is 32.3 Å². The van der Waals surface area contributed by atoms with E-state index in [1.165, 1.54) is 30.1 Å². The van der Waals surface area contributed by atoms with E-state index in [1.54, 1.807) is 18.4 Å². The van der Waals surface area contributed by atoms with Crippen LogP contribution < -0.4 is 5.56 Å². The van der Waals surface area contributed by atoms with Crippen LogP contribution in [0.3, 0.4) is 0 Å². The minimum atomic E-state index is -0.484. The van der Waals surface area contributed by atoms with Crippen molar-refractivity contribution in [3.63, 3.8) is 0 Å². The van der Waals surface area contributed by atoms with Crippen LogP contribution in [0.4, 0.5) is 5.69 Å². The molecule has 0 aliphatic carbocycles. The number of non-ortho nitro benzene ring substituents is 1. The molecule has 1 aromatic heterocycles. The number of benzene rings is 1. The summed E-state index contributed by atoms with van der Waals surface area (Å²) >= 11 is 1.24. The van der Waals surface area contributed by atoms with Crippen LogP contribution in [0.1, 0.15) is 31.0 Å². The third-order valence-electron chi connectivity index (χ3n) is 2.97. The SMILES string of the molecule is CSc1nnc(C(C)C)c(=O)n1N=Cc1cccc([N+](=O)[O-])c1. The summed E-state index contributed by atoms with van der Waals surface area (Å²) in [6.45, 7) is 3.69. The number of nitro benzene ring substituents is 1. The quantitative estimate of drug-likeness (QED) is 0.360. The van der Waals surface area contributed by atoms with Gasteiger partial charge in [-0.2, -0.15) is 9.78 Å². The second-order valence-electron chi connectivity index (χ2n) is 4.94. The molecule has 1 heterocycles. The fourth-order valence-corrected chi connectivity index (χ4v) is 2.24. The zero-order valence-corrected chi connectivity index (χ0v) is 13.6. The van der Waals surface area contributed by atoms with Crippen LogP contribution in [0, 0.1) is 10.1 Å². The van der Waals surface area contributed by atoms with Crippen LogP contribution in [0.15, 0.2) is 39.3 Å². The molecule has 0 aliphatic heterocycles. The van der Waals surface area contributed by atoms with Gasteiger partial charge in [-0.05, 0) is 6.26 Å². The van der Waals surface area contributed by atoms with Crippen molar-refractivity contribution >= 4 is 23.7 Å². The molecule has 2 rings (SSSR count). The smallest absolute Gasteiger partial charge is 0.265 e.